The van der Waals surface area contributed by atoms with Gasteiger partial charge in [-0.2, -0.15) is 0 Å². The lowest BCUT2D eigenvalue weighted by Gasteiger charge is -1.89. The Bertz CT molecular complexity index is 241. The van der Waals surface area contributed by atoms with Crippen LogP contribution in [0.2, 0.25) is 0 Å². The third-order valence-electron chi connectivity index (χ3n) is 2.53. The molecular formula is C17H28. The molecule has 0 radical (unpaired) electrons. The molecule has 0 nitrogen and oxygen atoms in total. The lowest BCUT2D eigenvalue weighted by atomic mass is 10.2. The van der Waals surface area contributed by atoms with Gasteiger partial charge in [0.15, 0.2) is 0 Å². The van der Waals surface area contributed by atoms with Crippen molar-refractivity contribution in [3.63, 3.8) is 0 Å². The van der Waals surface area contributed by atoms with Crippen molar-refractivity contribution in [2.24, 2.45) is 0 Å². The summed E-state index contributed by atoms with van der Waals surface area (Å²) in [5, 5.41) is 0. The fourth-order valence-electron chi connectivity index (χ4n) is 1.44. The van der Waals surface area contributed by atoms with Crippen molar-refractivity contribution >= 4 is 0 Å². The van der Waals surface area contributed by atoms with E-state index in [4.69, 9.17) is 0 Å². The average molecular weight is 232 g/mol. The highest BCUT2D eigenvalue weighted by molar-refractivity contribution is 5.15. The topological polar surface area (TPSA) is 0 Å². The van der Waals surface area contributed by atoms with Crippen molar-refractivity contribution < 1.29 is 0 Å². The fraction of sp³-hybridized carbons (Fsp3) is 0.529. The molecule has 0 aromatic rings. The van der Waals surface area contributed by atoms with Gasteiger partial charge in [-0.1, -0.05) is 88.1 Å². The molecule has 0 aliphatic heterocycles. The first-order valence-electron chi connectivity index (χ1n) is 7.06. The third-order valence-corrected chi connectivity index (χ3v) is 2.53. The second-order valence-electron chi connectivity index (χ2n) is 4.26. The predicted molar refractivity (Wildman–Crippen MR) is 80.2 cm³/mol. The van der Waals surface area contributed by atoms with E-state index in [9.17, 15) is 0 Å². The maximum atomic E-state index is 2.25. The first kappa shape index (κ1) is 16.0. The minimum absolute atomic E-state index is 1.20. The molecule has 0 aromatic carbocycles. The molecule has 0 N–H and O–H groups in total. The third kappa shape index (κ3) is 15.0. The van der Waals surface area contributed by atoms with Gasteiger partial charge in [0.1, 0.15) is 0 Å². The first-order chi connectivity index (χ1) is 8.41. The summed E-state index contributed by atoms with van der Waals surface area (Å²) >= 11 is 0. The smallest absolute Gasteiger partial charge is 0.0348 e. The summed E-state index contributed by atoms with van der Waals surface area (Å²) in [6.45, 7) is 4.46. The molecule has 0 atom stereocenters. The van der Waals surface area contributed by atoms with Gasteiger partial charge in [0.25, 0.3) is 0 Å². The van der Waals surface area contributed by atoms with Crippen molar-refractivity contribution in [2.75, 3.05) is 0 Å². The van der Waals surface area contributed by atoms with Crippen LogP contribution in [0, 0.1) is 0 Å². The number of hydrogen-bond acceptors (Lipinski definition) is 0. The molecule has 0 aromatic heterocycles. The van der Waals surface area contributed by atoms with Gasteiger partial charge >= 0.3 is 0 Å². The number of unbranched alkanes of at least 4 members (excludes halogenated alkanes) is 5. The Balaban J connectivity index is 3.45. The number of allylic oxidation sites excluding steroid dienone is 8. The highest BCUT2D eigenvalue weighted by Crippen LogP contribution is 1.99. The van der Waals surface area contributed by atoms with Crippen LogP contribution in [-0.2, 0) is 0 Å². The SMILES string of the molecule is CCCC/C=C/C=C/C=C/C=C/CCCCC. The van der Waals surface area contributed by atoms with Gasteiger partial charge in [0.2, 0.25) is 0 Å². The minimum Gasteiger partial charge on any atom is -0.0845 e. The molecular weight excluding hydrogens is 204 g/mol. The van der Waals surface area contributed by atoms with E-state index >= 15 is 0 Å². The van der Waals surface area contributed by atoms with Crippen LogP contribution >= 0.6 is 0 Å². The standard InChI is InChI=1S/C17H28/c1-3-5-7-9-11-13-15-17-16-14-12-10-8-6-4-2/h9,11-17H,3-8,10H2,1-2H3/b11-9+,14-12+,15-13+,17-16+. The Hall–Kier alpha value is -1.04. The summed E-state index contributed by atoms with van der Waals surface area (Å²) in [4.78, 5) is 0. The van der Waals surface area contributed by atoms with Crippen molar-refractivity contribution in [1.82, 2.24) is 0 Å². The second kappa shape index (κ2) is 15.0. The van der Waals surface area contributed by atoms with Crippen LogP contribution < -0.4 is 0 Å². The summed E-state index contributed by atoms with van der Waals surface area (Å²) < 4.78 is 0. The van der Waals surface area contributed by atoms with Crippen molar-refractivity contribution in [1.29, 1.82) is 0 Å². The molecule has 0 aliphatic carbocycles. The molecule has 0 saturated carbocycles. The maximum absolute atomic E-state index is 2.25. The van der Waals surface area contributed by atoms with E-state index in [1.807, 2.05) is 0 Å². The molecule has 96 valence electrons. The van der Waals surface area contributed by atoms with E-state index in [0.717, 1.165) is 0 Å². The van der Waals surface area contributed by atoms with Gasteiger partial charge in [-0.15, -0.1) is 0 Å². The molecule has 0 fully saturated rings. The van der Waals surface area contributed by atoms with E-state index in [1.165, 1.54) is 44.9 Å². The second-order valence-corrected chi connectivity index (χ2v) is 4.26. The van der Waals surface area contributed by atoms with Crippen LogP contribution in [0.25, 0.3) is 0 Å². The Morgan fingerprint density at radius 3 is 1.53 bits per heavy atom. The normalized spacial score (nSPS) is 12.8. The minimum atomic E-state index is 1.20. The van der Waals surface area contributed by atoms with Gasteiger partial charge in [-0.05, 0) is 19.3 Å². The summed E-state index contributed by atoms with van der Waals surface area (Å²) in [6.07, 6.45) is 26.0. The van der Waals surface area contributed by atoms with Crippen LogP contribution in [0.4, 0.5) is 0 Å². The summed E-state index contributed by atoms with van der Waals surface area (Å²) in [7, 11) is 0. The van der Waals surface area contributed by atoms with E-state index in [-0.39, 0.29) is 0 Å². The summed E-state index contributed by atoms with van der Waals surface area (Å²) in [5.74, 6) is 0. The molecule has 0 spiro atoms. The average Bonchev–Trinajstić information content (AvgIpc) is 2.35. The Labute approximate surface area is 108 Å². The Kier molecular flexibility index (Phi) is 14.0. The Morgan fingerprint density at radius 1 is 0.529 bits per heavy atom. The van der Waals surface area contributed by atoms with Gasteiger partial charge in [0, 0.05) is 0 Å². The van der Waals surface area contributed by atoms with Crippen LogP contribution in [0.15, 0.2) is 48.6 Å². The van der Waals surface area contributed by atoms with E-state index < -0.39 is 0 Å². The molecule has 0 heteroatoms. The summed E-state index contributed by atoms with van der Waals surface area (Å²) in [5.41, 5.74) is 0. The monoisotopic (exact) mass is 232 g/mol. The van der Waals surface area contributed by atoms with Crippen molar-refractivity contribution in [2.45, 2.75) is 58.8 Å². The summed E-state index contributed by atoms with van der Waals surface area (Å²) in [6, 6.07) is 0. The first-order valence-corrected chi connectivity index (χ1v) is 7.06. The largest absolute Gasteiger partial charge is 0.0845 e. The maximum Gasteiger partial charge on any atom is -0.0348 e. The highest BCUT2D eigenvalue weighted by Gasteiger charge is 1.79. The van der Waals surface area contributed by atoms with Gasteiger partial charge in [0.05, 0.1) is 0 Å². The highest BCUT2D eigenvalue weighted by atomic mass is 13.9. The van der Waals surface area contributed by atoms with Crippen LogP contribution in [0.1, 0.15) is 58.8 Å². The van der Waals surface area contributed by atoms with E-state index in [2.05, 4.69) is 62.5 Å². The van der Waals surface area contributed by atoms with Gasteiger partial charge < -0.3 is 0 Å². The lowest BCUT2D eigenvalue weighted by molar-refractivity contribution is 0.729. The molecule has 0 aliphatic rings. The van der Waals surface area contributed by atoms with Gasteiger partial charge in [-0.3, -0.25) is 0 Å². The molecule has 0 bridgehead atoms. The molecule has 0 amide bonds. The van der Waals surface area contributed by atoms with Crippen LogP contribution in [-0.4, -0.2) is 0 Å². The van der Waals surface area contributed by atoms with E-state index in [0.29, 0.717) is 0 Å². The molecule has 17 heavy (non-hydrogen) atoms. The zero-order chi connectivity index (χ0) is 12.6. The molecule has 0 unspecified atom stereocenters. The van der Waals surface area contributed by atoms with Gasteiger partial charge in [-0.25, -0.2) is 0 Å². The number of rotatable bonds is 10. The zero-order valence-corrected chi connectivity index (χ0v) is 11.6. The fourth-order valence-corrected chi connectivity index (χ4v) is 1.44. The molecule has 0 rings (SSSR count). The predicted octanol–water partition coefficient (Wildman–Crippen LogP) is 5.98. The van der Waals surface area contributed by atoms with Crippen molar-refractivity contribution in [3.05, 3.63) is 48.6 Å². The molecule has 0 heterocycles. The number of hydrogen-bond donors (Lipinski definition) is 0. The van der Waals surface area contributed by atoms with Crippen LogP contribution in [0.5, 0.6) is 0 Å². The quantitative estimate of drug-likeness (QED) is 0.321. The van der Waals surface area contributed by atoms with E-state index in [1.54, 1.807) is 0 Å². The molecule has 0 saturated heterocycles. The Morgan fingerprint density at radius 2 is 1.00 bits per heavy atom. The van der Waals surface area contributed by atoms with Crippen molar-refractivity contribution in [3.8, 4) is 0 Å². The zero-order valence-electron chi connectivity index (χ0n) is 11.6. The van der Waals surface area contributed by atoms with Crippen LogP contribution in [0.3, 0.4) is 0 Å². The lowest BCUT2D eigenvalue weighted by Crippen LogP contribution is -1.69.